The predicted octanol–water partition coefficient (Wildman–Crippen LogP) is -0.148. The molecule has 7 heteroatoms. The summed E-state index contributed by atoms with van der Waals surface area (Å²) in [5.41, 5.74) is 0.176. The van der Waals surface area contributed by atoms with Crippen LogP contribution < -0.4 is 11.0 Å². The number of hydrogen-bond donors (Lipinski definition) is 2. The van der Waals surface area contributed by atoms with Gasteiger partial charge in [-0.25, -0.2) is 4.79 Å². The molecule has 106 valence electrons. The molecule has 2 aromatic rings. The summed E-state index contributed by atoms with van der Waals surface area (Å²) in [7, 11) is 3.83. The molecule has 20 heavy (non-hydrogen) atoms. The van der Waals surface area contributed by atoms with Gasteiger partial charge in [0.15, 0.2) is 0 Å². The van der Waals surface area contributed by atoms with Crippen LogP contribution in [0.5, 0.6) is 0 Å². The van der Waals surface area contributed by atoms with Crippen molar-refractivity contribution < 1.29 is 4.79 Å². The fraction of sp³-hybridized carbons (Fsp3) is 0.308. The van der Waals surface area contributed by atoms with E-state index in [9.17, 15) is 9.59 Å². The van der Waals surface area contributed by atoms with E-state index < -0.39 is 11.6 Å². The van der Waals surface area contributed by atoms with Crippen LogP contribution in [0.2, 0.25) is 0 Å². The van der Waals surface area contributed by atoms with Crippen LogP contribution in [0.3, 0.4) is 0 Å². The lowest BCUT2D eigenvalue weighted by Gasteiger charge is -2.09. The number of nitrogens with one attached hydrogen (secondary N) is 2. The SMILES string of the molecule is CN(C)CCNC(=O)c1nn(-c2ccccc2)c(=O)[nH]1. The summed E-state index contributed by atoms with van der Waals surface area (Å²) in [6.07, 6.45) is 0. The molecule has 0 bridgehead atoms. The van der Waals surface area contributed by atoms with E-state index in [4.69, 9.17) is 0 Å². The second kappa shape index (κ2) is 6.16. The van der Waals surface area contributed by atoms with Crippen molar-refractivity contribution in [3.8, 4) is 5.69 Å². The van der Waals surface area contributed by atoms with E-state index in [2.05, 4.69) is 15.4 Å². The van der Waals surface area contributed by atoms with Crippen molar-refractivity contribution in [1.82, 2.24) is 25.0 Å². The van der Waals surface area contributed by atoms with Gasteiger partial charge in [0.2, 0.25) is 5.82 Å². The fourth-order valence-electron chi connectivity index (χ4n) is 1.65. The number of hydrogen-bond acceptors (Lipinski definition) is 4. The number of amides is 1. The first-order valence-electron chi connectivity index (χ1n) is 6.25. The number of para-hydroxylation sites is 1. The maximum absolute atomic E-state index is 11.8. The van der Waals surface area contributed by atoms with Crippen LogP contribution in [0.25, 0.3) is 5.69 Å². The lowest BCUT2D eigenvalue weighted by atomic mass is 10.3. The van der Waals surface area contributed by atoms with Gasteiger partial charge in [-0.05, 0) is 26.2 Å². The highest BCUT2D eigenvalue weighted by molar-refractivity contribution is 5.90. The van der Waals surface area contributed by atoms with E-state index in [0.717, 1.165) is 6.54 Å². The van der Waals surface area contributed by atoms with Gasteiger partial charge in [0.1, 0.15) is 0 Å². The highest BCUT2D eigenvalue weighted by Gasteiger charge is 2.13. The molecule has 0 fully saturated rings. The maximum atomic E-state index is 11.8. The largest absolute Gasteiger partial charge is 0.348 e. The highest BCUT2D eigenvalue weighted by Crippen LogP contribution is 2.01. The third-order valence-corrected chi connectivity index (χ3v) is 2.68. The standard InChI is InChI=1S/C13H17N5O2/c1-17(2)9-8-14-12(19)11-15-13(20)18(16-11)10-6-4-3-5-7-10/h3-7H,8-9H2,1-2H3,(H,14,19)(H,15,16,20). The Hall–Kier alpha value is -2.41. The zero-order valence-electron chi connectivity index (χ0n) is 11.5. The summed E-state index contributed by atoms with van der Waals surface area (Å²) in [4.78, 5) is 28.0. The molecule has 0 unspecified atom stereocenters. The zero-order valence-corrected chi connectivity index (χ0v) is 11.5. The maximum Gasteiger partial charge on any atom is 0.348 e. The van der Waals surface area contributed by atoms with Gasteiger partial charge < -0.3 is 10.2 Å². The van der Waals surface area contributed by atoms with Crippen LogP contribution in [0.4, 0.5) is 0 Å². The quantitative estimate of drug-likeness (QED) is 0.795. The second-order valence-corrected chi connectivity index (χ2v) is 4.59. The van der Waals surface area contributed by atoms with Gasteiger partial charge in [0.05, 0.1) is 5.69 Å². The smallest absolute Gasteiger partial charge is 0.348 e. The Morgan fingerprint density at radius 1 is 1.35 bits per heavy atom. The predicted molar refractivity (Wildman–Crippen MR) is 75.1 cm³/mol. The van der Waals surface area contributed by atoms with E-state index in [1.807, 2.05) is 25.1 Å². The van der Waals surface area contributed by atoms with E-state index >= 15 is 0 Å². The molecule has 1 amide bonds. The zero-order chi connectivity index (χ0) is 14.5. The van der Waals surface area contributed by atoms with Crippen LogP contribution in [-0.2, 0) is 0 Å². The van der Waals surface area contributed by atoms with Gasteiger partial charge in [0.25, 0.3) is 5.91 Å². The molecule has 0 saturated carbocycles. The van der Waals surface area contributed by atoms with Crippen LogP contribution in [0, 0.1) is 0 Å². The Bertz CT molecular complexity index is 630. The second-order valence-electron chi connectivity index (χ2n) is 4.59. The topological polar surface area (TPSA) is 83.0 Å². The molecule has 1 aromatic carbocycles. The molecule has 0 saturated heterocycles. The summed E-state index contributed by atoms with van der Waals surface area (Å²) >= 11 is 0. The van der Waals surface area contributed by atoms with Crippen LogP contribution >= 0.6 is 0 Å². The number of aromatic amines is 1. The van der Waals surface area contributed by atoms with Gasteiger partial charge in [-0.15, -0.1) is 5.10 Å². The van der Waals surface area contributed by atoms with Crippen LogP contribution in [0.1, 0.15) is 10.6 Å². The minimum absolute atomic E-state index is 0.0117. The molecular formula is C13H17N5O2. The van der Waals surface area contributed by atoms with Gasteiger partial charge in [-0.2, -0.15) is 4.68 Å². The minimum Gasteiger partial charge on any atom is -0.348 e. The van der Waals surface area contributed by atoms with Gasteiger partial charge in [0, 0.05) is 13.1 Å². The van der Waals surface area contributed by atoms with Gasteiger partial charge in [-0.3, -0.25) is 9.78 Å². The number of likely N-dealkylation sites (N-methyl/N-ethyl adjacent to an activating group) is 1. The number of nitrogens with zero attached hydrogens (tertiary/aromatic N) is 3. The monoisotopic (exact) mass is 275 g/mol. The fourth-order valence-corrected chi connectivity index (χ4v) is 1.65. The molecule has 0 aliphatic carbocycles. The average molecular weight is 275 g/mol. The minimum atomic E-state index is -0.436. The van der Waals surface area contributed by atoms with Gasteiger partial charge >= 0.3 is 5.69 Å². The highest BCUT2D eigenvalue weighted by atomic mass is 16.2. The molecule has 1 aromatic heterocycles. The summed E-state index contributed by atoms with van der Waals surface area (Å²) in [6, 6.07) is 8.93. The third-order valence-electron chi connectivity index (χ3n) is 2.68. The van der Waals surface area contributed by atoms with Crippen molar-refractivity contribution in [1.29, 1.82) is 0 Å². The third kappa shape index (κ3) is 3.33. The van der Waals surface area contributed by atoms with Gasteiger partial charge in [-0.1, -0.05) is 18.2 Å². The van der Waals surface area contributed by atoms with E-state index in [0.29, 0.717) is 12.2 Å². The molecule has 0 aliphatic heterocycles. The summed E-state index contributed by atoms with van der Waals surface area (Å²) in [6.45, 7) is 1.21. The van der Waals surface area contributed by atoms with Crippen molar-refractivity contribution in [2.75, 3.05) is 27.2 Å². The molecule has 1 heterocycles. The van der Waals surface area contributed by atoms with E-state index in [1.165, 1.54) is 4.68 Å². The first kappa shape index (κ1) is 14.0. The van der Waals surface area contributed by atoms with Crippen molar-refractivity contribution in [2.24, 2.45) is 0 Å². The lowest BCUT2D eigenvalue weighted by molar-refractivity contribution is 0.0940. The number of aromatic nitrogens is 3. The molecule has 7 nitrogen and oxygen atoms in total. The van der Waals surface area contributed by atoms with Crippen molar-refractivity contribution in [2.45, 2.75) is 0 Å². The molecular weight excluding hydrogens is 258 g/mol. The van der Waals surface area contributed by atoms with Crippen molar-refractivity contribution in [3.63, 3.8) is 0 Å². The number of carbonyl (C=O) groups is 1. The lowest BCUT2D eigenvalue weighted by Crippen LogP contribution is -2.32. The Balaban J connectivity index is 2.11. The number of benzene rings is 1. The first-order valence-corrected chi connectivity index (χ1v) is 6.25. The summed E-state index contributed by atoms with van der Waals surface area (Å²) in [5.74, 6) is -0.378. The van der Waals surface area contributed by atoms with E-state index in [1.54, 1.807) is 24.3 Å². The molecule has 0 radical (unpaired) electrons. The first-order chi connectivity index (χ1) is 9.58. The summed E-state index contributed by atoms with van der Waals surface area (Å²) < 4.78 is 1.17. The molecule has 0 atom stereocenters. The molecule has 0 aliphatic rings. The Kier molecular flexibility index (Phi) is 4.31. The van der Waals surface area contributed by atoms with E-state index in [-0.39, 0.29) is 5.82 Å². The summed E-state index contributed by atoms with van der Waals surface area (Å²) in [5, 5.41) is 6.70. The normalized spacial score (nSPS) is 10.8. The molecule has 0 spiro atoms. The molecule has 2 rings (SSSR count). The number of rotatable bonds is 5. The number of carbonyl (C=O) groups excluding carboxylic acids is 1. The molecule has 2 N–H and O–H groups in total. The Morgan fingerprint density at radius 3 is 2.70 bits per heavy atom. The van der Waals surface area contributed by atoms with Crippen LogP contribution in [0.15, 0.2) is 35.1 Å². The Labute approximate surface area is 116 Å². The van der Waals surface area contributed by atoms with Crippen molar-refractivity contribution in [3.05, 3.63) is 46.6 Å². The Morgan fingerprint density at radius 2 is 2.05 bits per heavy atom. The average Bonchev–Trinajstić information content (AvgIpc) is 2.81. The van der Waals surface area contributed by atoms with Crippen LogP contribution in [-0.4, -0.2) is 52.8 Å². The van der Waals surface area contributed by atoms with Crippen molar-refractivity contribution >= 4 is 5.91 Å². The number of H-pyrrole nitrogens is 1.